The number of nitrogens with zero attached hydrogens (tertiary/aromatic N) is 4. The number of aromatic amines is 2. The van der Waals surface area contributed by atoms with Gasteiger partial charge in [-0.05, 0) is 59.7 Å². The molecule has 1 saturated heterocycles. The summed E-state index contributed by atoms with van der Waals surface area (Å²) < 4.78 is 44.7. The molecule has 3 aromatic carbocycles. The third kappa shape index (κ3) is 11.1. The van der Waals surface area contributed by atoms with Crippen molar-refractivity contribution < 1.29 is 47.2 Å². The second-order valence-electron chi connectivity index (χ2n) is 15.9. The molecule has 3 aromatic heterocycles. The van der Waals surface area contributed by atoms with Crippen molar-refractivity contribution in [3.8, 4) is 11.5 Å². The monoisotopic (exact) mass is 959 g/mol. The number of ether oxygens (including phenoxy) is 5. The fraction of sp³-hybridized carbons (Fsp3) is 0.356. The number of nitrogens with one attached hydrogen (secondary N) is 3. The zero-order valence-electron chi connectivity index (χ0n) is 37.4. The van der Waals surface area contributed by atoms with Crippen molar-refractivity contribution in [2.45, 2.75) is 70.8 Å². The van der Waals surface area contributed by atoms with Gasteiger partial charge in [0.2, 0.25) is 11.9 Å². The van der Waals surface area contributed by atoms with E-state index < -0.39 is 72.2 Å². The van der Waals surface area contributed by atoms with Gasteiger partial charge in [0.15, 0.2) is 11.2 Å². The van der Waals surface area contributed by atoms with Gasteiger partial charge >= 0.3 is 18.4 Å². The highest BCUT2D eigenvalue weighted by atomic mass is 32.5. The van der Waals surface area contributed by atoms with Crippen molar-refractivity contribution in [2.24, 2.45) is 5.92 Å². The summed E-state index contributed by atoms with van der Waals surface area (Å²) in [4.78, 5) is 88.4. The smallest absolute Gasteiger partial charge is 0.330 e. The molecule has 1 amide bonds. The predicted octanol–water partition coefficient (Wildman–Crippen LogP) is 4.44. The molecule has 4 N–H and O–H groups in total. The molecule has 7 rings (SSSR count). The average molecular weight is 960 g/mol. The molecule has 0 saturated carbocycles. The van der Waals surface area contributed by atoms with Crippen LogP contribution in [0.3, 0.4) is 0 Å². The second-order valence-corrected chi connectivity index (χ2v) is 18.7. The summed E-state index contributed by atoms with van der Waals surface area (Å²) in [5.41, 5.74) is -0.902. The van der Waals surface area contributed by atoms with Gasteiger partial charge in [0.1, 0.15) is 41.6 Å². The van der Waals surface area contributed by atoms with E-state index >= 15 is 0 Å². The first-order chi connectivity index (χ1) is 32.0. The molecule has 0 bridgehead atoms. The van der Waals surface area contributed by atoms with Crippen LogP contribution in [0, 0.1) is 12.8 Å². The lowest BCUT2D eigenvalue weighted by Gasteiger charge is -2.37. The highest BCUT2D eigenvalue weighted by Crippen LogP contribution is 2.48. The molecule has 0 aliphatic carbocycles. The van der Waals surface area contributed by atoms with E-state index in [2.05, 4.69) is 25.3 Å². The topological polar surface area (TPSA) is 249 Å². The van der Waals surface area contributed by atoms with Crippen molar-refractivity contribution >= 4 is 47.5 Å². The minimum atomic E-state index is -4.32. The zero-order valence-corrected chi connectivity index (χ0v) is 39.1. The summed E-state index contributed by atoms with van der Waals surface area (Å²) >= 11 is 5.64. The number of esters is 1. The Kier molecular flexibility index (Phi) is 15.0. The standard InChI is InChI=1S/C45H50N7O13PS/c1-26(2)40(54)48-43-47-39-38(42(56)49-43)46-25-51(39)22-34(65-66(58,67)62-24-36-35(63-28(4)53)20-37(64-36)52-21-27(3)41(55)50-44(52)57)23-61-45(29-10-8-7-9-11-29,30-12-16-32(59-5)17-13-30)31-14-18-33(60-6)19-15-31/h7-19,21,25-26,34-37H,20,22-24H2,1-6H3,(H,58,67)(H,50,55,57)(H2,47,48,49,54,56). The number of imidazole rings is 1. The van der Waals surface area contributed by atoms with Gasteiger partial charge in [-0.1, -0.05) is 68.4 Å². The summed E-state index contributed by atoms with van der Waals surface area (Å²) in [6.07, 6.45) is -1.49. The average Bonchev–Trinajstić information content (AvgIpc) is 3.90. The Morgan fingerprint density at radius 2 is 1.58 bits per heavy atom. The summed E-state index contributed by atoms with van der Waals surface area (Å²) in [5, 5.41) is 2.61. The van der Waals surface area contributed by atoms with E-state index in [0.717, 1.165) is 5.56 Å². The maximum atomic E-state index is 13.2. The number of fused-ring (bicyclic) bond motifs is 1. The van der Waals surface area contributed by atoms with E-state index in [4.69, 9.17) is 44.5 Å². The number of carbonyl (C=O) groups is 2. The summed E-state index contributed by atoms with van der Waals surface area (Å²) in [7, 11) is 3.13. The summed E-state index contributed by atoms with van der Waals surface area (Å²) in [6, 6.07) is 24.1. The molecular formula is C45H50N7O13PS. The van der Waals surface area contributed by atoms with E-state index in [1.54, 1.807) is 52.3 Å². The highest BCUT2D eigenvalue weighted by molar-refractivity contribution is 8.07. The van der Waals surface area contributed by atoms with Gasteiger partial charge in [0.25, 0.3) is 11.1 Å². The molecule has 1 fully saturated rings. The fourth-order valence-corrected chi connectivity index (χ4v) is 9.03. The lowest BCUT2D eigenvalue weighted by atomic mass is 9.80. The largest absolute Gasteiger partial charge is 0.497 e. The van der Waals surface area contributed by atoms with Gasteiger partial charge in [-0.15, -0.1) is 0 Å². The van der Waals surface area contributed by atoms with E-state index in [9.17, 15) is 28.9 Å². The first-order valence-electron chi connectivity index (χ1n) is 21.0. The Bertz CT molecular complexity index is 2890. The molecule has 1 aliphatic heterocycles. The van der Waals surface area contributed by atoms with E-state index in [0.29, 0.717) is 22.6 Å². The molecular weight excluding hydrogens is 910 g/mol. The highest BCUT2D eigenvalue weighted by Gasteiger charge is 2.42. The number of aryl methyl sites for hydroxylation is 1. The molecule has 354 valence electrons. The minimum Gasteiger partial charge on any atom is -0.497 e. The second kappa shape index (κ2) is 20.7. The third-order valence-electron chi connectivity index (χ3n) is 10.9. The number of amides is 1. The number of H-pyrrole nitrogens is 2. The van der Waals surface area contributed by atoms with Crippen LogP contribution in [0.1, 0.15) is 55.7 Å². The Labute approximate surface area is 388 Å². The molecule has 0 spiro atoms. The van der Waals surface area contributed by atoms with Crippen LogP contribution in [0.25, 0.3) is 11.2 Å². The molecule has 4 heterocycles. The molecule has 5 atom stereocenters. The minimum absolute atomic E-state index is 0.00234. The first kappa shape index (κ1) is 48.6. The van der Waals surface area contributed by atoms with Gasteiger partial charge in [-0.2, -0.15) is 4.98 Å². The van der Waals surface area contributed by atoms with Crippen LogP contribution < -0.4 is 31.6 Å². The van der Waals surface area contributed by atoms with Crippen LogP contribution in [0.5, 0.6) is 11.5 Å². The predicted molar refractivity (Wildman–Crippen MR) is 247 cm³/mol. The maximum absolute atomic E-state index is 13.2. The number of anilines is 1. The molecule has 22 heteroatoms. The van der Waals surface area contributed by atoms with Crippen molar-refractivity contribution in [1.29, 1.82) is 0 Å². The molecule has 67 heavy (non-hydrogen) atoms. The number of rotatable bonds is 19. The van der Waals surface area contributed by atoms with Crippen molar-refractivity contribution in [2.75, 3.05) is 32.8 Å². The zero-order chi connectivity index (χ0) is 48.0. The van der Waals surface area contributed by atoms with Crippen LogP contribution in [-0.2, 0) is 56.8 Å². The third-order valence-corrected chi connectivity index (χ3v) is 12.6. The van der Waals surface area contributed by atoms with Crippen LogP contribution >= 0.6 is 6.72 Å². The number of carbonyl (C=O) groups excluding carboxylic acids is 2. The van der Waals surface area contributed by atoms with Crippen molar-refractivity contribution in [3.05, 3.63) is 145 Å². The number of aromatic nitrogens is 6. The van der Waals surface area contributed by atoms with Gasteiger partial charge in [0.05, 0.1) is 40.3 Å². The Morgan fingerprint density at radius 1 is 0.955 bits per heavy atom. The van der Waals surface area contributed by atoms with Crippen LogP contribution in [0.4, 0.5) is 5.95 Å². The maximum Gasteiger partial charge on any atom is 0.330 e. The van der Waals surface area contributed by atoms with Gasteiger partial charge in [-0.25, -0.2) is 9.78 Å². The first-order valence-corrected chi connectivity index (χ1v) is 23.6. The molecule has 20 nitrogen and oxygen atoms in total. The van der Waals surface area contributed by atoms with E-state index in [1.807, 2.05) is 54.6 Å². The normalized spacial score (nSPS) is 17.5. The molecule has 5 unspecified atom stereocenters. The Morgan fingerprint density at radius 3 is 2.18 bits per heavy atom. The van der Waals surface area contributed by atoms with Crippen molar-refractivity contribution in [3.63, 3.8) is 0 Å². The summed E-state index contributed by atoms with van der Waals surface area (Å²) in [6.45, 7) is 0.848. The number of hydrogen-bond donors (Lipinski definition) is 4. The fourth-order valence-electron chi connectivity index (χ4n) is 7.58. The molecule has 6 aromatic rings. The van der Waals surface area contributed by atoms with Crippen molar-refractivity contribution in [1.82, 2.24) is 29.1 Å². The SMILES string of the molecule is COc1ccc(C(OCC(Cn2cnc3c(=O)[nH]c(NC(=O)C(C)C)nc32)OP(O)(=S)OCC2OC(n3cc(C)c(=O)[nH]c3=O)CC2OC(C)=O)(c2ccccc2)c2ccc(OC)cc2)cc1. The van der Waals surface area contributed by atoms with Crippen LogP contribution in [0.15, 0.2) is 106 Å². The molecule has 0 radical (unpaired) electrons. The van der Waals surface area contributed by atoms with E-state index in [1.165, 1.54) is 35.5 Å². The molecule has 1 aliphatic rings. The van der Waals surface area contributed by atoms with E-state index in [-0.39, 0.29) is 48.2 Å². The lowest BCUT2D eigenvalue weighted by Crippen LogP contribution is -2.37. The quantitative estimate of drug-likeness (QED) is 0.0498. The Balaban J connectivity index is 1.26. The van der Waals surface area contributed by atoms with Gasteiger partial charge in [0, 0.05) is 31.0 Å². The van der Waals surface area contributed by atoms with Crippen LogP contribution in [-0.4, -0.2) is 91.6 Å². The van der Waals surface area contributed by atoms with Gasteiger partial charge < -0.3 is 42.2 Å². The number of methoxy groups -OCH3 is 2. The van der Waals surface area contributed by atoms with Crippen LogP contribution in [0.2, 0.25) is 0 Å². The van der Waals surface area contributed by atoms with Gasteiger partial charge in [-0.3, -0.25) is 39.0 Å². The Hall–Kier alpha value is -6.32. The lowest BCUT2D eigenvalue weighted by molar-refractivity contribution is -0.150. The summed E-state index contributed by atoms with van der Waals surface area (Å²) in [5.74, 6) is -0.341. The number of hydrogen-bond acceptors (Lipinski definition) is 15. The number of benzene rings is 3.